The van der Waals surface area contributed by atoms with Gasteiger partial charge in [-0.2, -0.15) is 0 Å². The van der Waals surface area contributed by atoms with Crippen molar-refractivity contribution in [1.29, 1.82) is 0 Å². The summed E-state index contributed by atoms with van der Waals surface area (Å²) in [7, 11) is 2.13. The Bertz CT molecular complexity index is 530. The maximum Gasteiger partial charge on any atom is 0.0941 e. The SMILES string of the molecule is CN(CCc1nc(CCl)cs1)Cc1ccccc1Br. The van der Waals surface area contributed by atoms with Crippen molar-refractivity contribution in [3.8, 4) is 0 Å². The average Bonchev–Trinajstić information content (AvgIpc) is 2.87. The fourth-order valence-corrected chi connectivity index (χ4v) is 3.23. The third-order valence-electron chi connectivity index (χ3n) is 2.84. The zero-order chi connectivity index (χ0) is 13.7. The molecule has 1 heterocycles. The first kappa shape index (κ1) is 15.0. The van der Waals surface area contributed by atoms with E-state index in [1.165, 1.54) is 10.0 Å². The second kappa shape index (κ2) is 7.39. The van der Waals surface area contributed by atoms with Crippen molar-refractivity contribution >= 4 is 38.9 Å². The molecule has 0 aliphatic carbocycles. The van der Waals surface area contributed by atoms with Crippen molar-refractivity contribution in [2.75, 3.05) is 13.6 Å². The van der Waals surface area contributed by atoms with Gasteiger partial charge < -0.3 is 4.90 Å². The second-order valence-electron chi connectivity index (χ2n) is 4.45. The van der Waals surface area contributed by atoms with Gasteiger partial charge in [-0.25, -0.2) is 4.98 Å². The summed E-state index contributed by atoms with van der Waals surface area (Å²) in [6, 6.07) is 8.34. The molecule has 5 heteroatoms. The van der Waals surface area contributed by atoms with E-state index in [1.54, 1.807) is 11.3 Å². The van der Waals surface area contributed by atoms with Crippen molar-refractivity contribution < 1.29 is 0 Å². The lowest BCUT2D eigenvalue weighted by molar-refractivity contribution is 0.330. The topological polar surface area (TPSA) is 16.1 Å². The van der Waals surface area contributed by atoms with Crippen molar-refractivity contribution in [3.63, 3.8) is 0 Å². The number of benzene rings is 1. The summed E-state index contributed by atoms with van der Waals surface area (Å²) in [4.78, 5) is 6.78. The Hall–Kier alpha value is -0.420. The molecular weight excluding hydrogens is 344 g/mol. The molecule has 0 bridgehead atoms. The van der Waals surface area contributed by atoms with Gasteiger partial charge in [-0.05, 0) is 18.7 Å². The van der Waals surface area contributed by atoms with Gasteiger partial charge in [-0.15, -0.1) is 22.9 Å². The number of thiazole rings is 1. The van der Waals surface area contributed by atoms with Crippen LogP contribution in [0.1, 0.15) is 16.3 Å². The summed E-state index contributed by atoms with van der Waals surface area (Å²) in [6.45, 7) is 1.94. The first-order chi connectivity index (χ1) is 9.19. The van der Waals surface area contributed by atoms with Crippen LogP contribution in [-0.2, 0) is 18.8 Å². The summed E-state index contributed by atoms with van der Waals surface area (Å²) < 4.78 is 1.17. The van der Waals surface area contributed by atoms with Crippen LogP contribution >= 0.6 is 38.9 Å². The van der Waals surface area contributed by atoms with E-state index < -0.39 is 0 Å². The minimum atomic E-state index is 0.503. The van der Waals surface area contributed by atoms with Crippen LogP contribution in [0.4, 0.5) is 0 Å². The molecule has 0 spiro atoms. The van der Waals surface area contributed by atoms with E-state index in [9.17, 15) is 0 Å². The first-order valence-electron chi connectivity index (χ1n) is 6.10. The first-order valence-corrected chi connectivity index (χ1v) is 8.31. The molecule has 0 amide bonds. The lowest BCUT2D eigenvalue weighted by atomic mass is 10.2. The molecular formula is C14H16BrClN2S. The van der Waals surface area contributed by atoms with Crippen LogP contribution in [-0.4, -0.2) is 23.5 Å². The van der Waals surface area contributed by atoms with Crippen LogP contribution < -0.4 is 0 Å². The molecule has 0 saturated carbocycles. The molecule has 102 valence electrons. The Morgan fingerprint density at radius 2 is 2.16 bits per heavy atom. The average molecular weight is 360 g/mol. The van der Waals surface area contributed by atoms with E-state index in [0.29, 0.717) is 5.88 Å². The van der Waals surface area contributed by atoms with Crippen molar-refractivity contribution in [1.82, 2.24) is 9.88 Å². The molecule has 0 radical (unpaired) electrons. The number of aromatic nitrogens is 1. The summed E-state index contributed by atoms with van der Waals surface area (Å²) in [5, 5.41) is 3.20. The molecule has 0 aliphatic heterocycles. The second-order valence-corrected chi connectivity index (χ2v) is 6.51. The lowest BCUT2D eigenvalue weighted by Crippen LogP contribution is -2.20. The molecule has 0 fully saturated rings. The van der Waals surface area contributed by atoms with Gasteiger partial charge in [0.2, 0.25) is 0 Å². The lowest BCUT2D eigenvalue weighted by Gasteiger charge is -2.16. The molecule has 2 nitrogen and oxygen atoms in total. The highest BCUT2D eigenvalue weighted by Crippen LogP contribution is 2.18. The fourth-order valence-electron chi connectivity index (χ4n) is 1.81. The van der Waals surface area contributed by atoms with Gasteiger partial charge in [-0.3, -0.25) is 0 Å². The maximum atomic E-state index is 5.76. The smallest absolute Gasteiger partial charge is 0.0941 e. The van der Waals surface area contributed by atoms with Crippen LogP contribution in [0.25, 0.3) is 0 Å². The number of alkyl halides is 1. The summed E-state index contributed by atoms with van der Waals surface area (Å²) in [6.07, 6.45) is 0.975. The van der Waals surface area contributed by atoms with Gasteiger partial charge in [0.05, 0.1) is 16.6 Å². The summed E-state index contributed by atoms with van der Waals surface area (Å²) in [5.74, 6) is 0.503. The molecule has 1 aromatic carbocycles. The highest BCUT2D eigenvalue weighted by atomic mass is 79.9. The van der Waals surface area contributed by atoms with E-state index in [2.05, 4.69) is 51.1 Å². The minimum Gasteiger partial charge on any atom is -0.302 e. The molecule has 0 atom stereocenters. The zero-order valence-corrected chi connectivity index (χ0v) is 13.9. The quantitative estimate of drug-likeness (QED) is 0.714. The van der Waals surface area contributed by atoms with Crippen LogP contribution in [0.3, 0.4) is 0 Å². The Kier molecular flexibility index (Phi) is 5.82. The Labute approximate surface area is 131 Å². The number of nitrogens with zero attached hydrogens (tertiary/aromatic N) is 2. The number of hydrogen-bond donors (Lipinski definition) is 0. The normalized spacial score (nSPS) is 11.2. The van der Waals surface area contributed by atoms with Crippen molar-refractivity contribution in [2.45, 2.75) is 18.8 Å². The van der Waals surface area contributed by atoms with Gasteiger partial charge in [0.1, 0.15) is 0 Å². The van der Waals surface area contributed by atoms with E-state index >= 15 is 0 Å². The molecule has 19 heavy (non-hydrogen) atoms. The number of likely N-dealkylation sites (N-methyl/N-ethyl adjacent to an activating group) is 1. The van der Waals surface area contributed by atoms with Crippen LogP contribution in [0.5, 0.6) is 0 Å². The van der Waals surface area contributed by atoms with Crippen molar-refractivity contribution in [3.05, 3.63) is 50.4 Å². The van der Waals surface area contributed by atoms with E-state index in [-0.39, 0.29) is 0 Å². The van der Waals surface area contributed by atoms with Crippen molar-refractivity contribution in [2.24, 2.45) is 0 Å². The minimum absolute atomic E-state index is 0.503. The number of hydrogen-bond acceptors (Lipinski definition) is 3. The molecule has 0 N–H and O–H groups in total. The highest BCUT2D eigenvalue weighted by Gasteiger charge is 2.06. The largest absolute Gasteiger partial charge is 0.302 e. The van der Waals surface area contributed by atoms with Gasteiger partial charge in [0.15, 0.2) is 0 Å². The van der Waals surface area contributed by atoms with Gasteiger partial charge in [0.25, 0.3) is 0 Å². The van der Waals surface area contributed by atoms with Crippen LogP contribution in [0.2, 0.25) is 0 Å². The molecule has 2 rings (SSSR count). The Morgan fingerprint density at radius 3 is 2.84 bits per heavy atom. The molecule has 1 aromatic heterocycles. The molecule has 0 saturated heterocycles. The molecule has 2 aromatic rings. The zero-order valence-electron chi connectivity index (χ0n) is 10.8. The Balaban J connectivity index is 1.84. The van der Waals surface area contributed by atoms with E-state index in [0.717, 1.165) is 30.2 Å². The summed E-state index contributed by atoms with van der Waals surface area (Å²) >= 11 is 11.0. The summed E-state index contributed by atoms with van der Waals surface area (Å²) in [5.41, 5.74) is 2.29. The van der Waals surface area contributed by atoms with Crippen LogP contribution in [0.15, 0.2) is 34.1 Å². The maximum absolute atomic E-state index is 5.76. The standard InChI is InChI=1S/C14H16BrClN2S/c1-18(9-11-4-2-3-5-13(11)15)7-6-14-17-12(8-16)10-19-14/h2-5,10H,6-9H2,1H3. The third kappa shape index (κ3) is 4.56. The highest BCUT2D eigenvalue weighted by molar-refractivity contribution is 9.10. The monoisotopic (exact) mass is 358 g/mol. The van der Waals surface area contributed by atoms with Gasteiger partial charge in [0, 0.05) is 29.4 Å². The van der Waals surface area contributed by atoms with Crippen LogP contribution in [0, 0.1) is 0 Å². The predicted octanol–water partition coefficient (Wildman–Crippen LogP) is 4.32. The number of rotatable bonds is 6. The van der Waals surface area contributed by atoms with Gasteiger partial charge >= 0.3 is 0 Å². The third-order valence-corrected chi connectivity index (χ3v) is 4.85. The number of halogens is 2. The Morgan fingerprint density at radius 1 is 1.37 bits per heavy atom. The van der Waals surface area contributed by atoms with Gasteiger partial charge in [-0.1, -0.05) is 34.1 Å². The molecule has 0 aliphatic rings. The van der Waals surface area contributed by atoms with E-state index in [1.807, 2.05) is 11.4 Å². The predicted molar refractivity (Wildman–Crippen MR) is 85.9 cm³/mol. The molecule has 0 unspecified atom stereocenters. The van der Waals surface area contributed by atoms with E-state index in [4.69, 9.17) is 11.6 Å². The fraction of sp³-hybridized carbons (Fsp3) is 0.357.